The first-order valence-corrected chi connectivity index (χ1v) is 8.66. The van der Waals surface area contributed by atoms with Crippen LogP contribution in [-0.2, 0) is 6.61 Å². The van der Waals surface area contributed by atoms with Crippen LogP contribution in [0.3, 0.4) is 0 Å². The van der Waals surface area contributed by atoms with Gasteiger partial charge in [-0.05, 0) is 43.5 Å². The first kappa shape index (κ1) is 16.9. The molecule has 24 heavy (non-hydrogen) atoms. The quantitative estimate of drug-likeness (QED) is 0.906. The van der Waals surface area contributed by atoms with E-state index in [9.17, 15) is 14.3 Å². The lowest BCUT2D eigenvalue weighted by Crippen LogP contribution is -2.28. The zero-order chi connectivity index (χ0) is 17.3. The number of halogens is 1. The normalized spacial score (nSPS) is 18.4. The number of rotatable bonds is 2. The number of hydrogen-bond donors (Lipinski definition) is 1. The number of aliphatic hydroxyl groups excluding tert-OH is 1. The molecule has 1 aromatic heterocycles. The van der Waals surface area contributed by atoms with Gasteiger partial charge in [-0.2, -0.15) is 4.99 Å². The van der Waals surface area contributed by atoms with E-state index >= 15 is 0 Å². The molecular weight excluding hydrogens is 329 g/mol. The third-order valence-corrected chi connectivity index (χ3v) is 4.90. The van der Waals surface area contributed by atoms with Crippen molar-refractivity contribution in [1.82, 2.24) is 9.47 Å². The van der Waals surface area contributed by atoms with Crippen LogP contribution >= 0.6 is 11.3 Å². The molecule has 1 aliphatic heterocycles. The van der Waals surface area contributed by atoms with Crippen LogP contribution in [-0.4, -0.2) is 39.9 Å². The van der Waals surface area contributed by atoms with Crippen molar-refractivity contribution in [2.75, 3.05) is 13.1 Å². The van der Waals surface area contributed by atoms with Crippen LogP contribution in [0.25, 0.3) is 5.69 Å². The molecule has 0 aliphatic carbocycles. The van der Waals surface area contributed by atoms with Crippen LogP contribution in [0.4, 0.5) is 9.18 Å². The smallest absolute Gasteiger partial charge is 0.346 e. The Morgan fingerprint density at radius 1 is 1.38 bits per heavy atom. The number of nitrogens with zero attached hydrogens (tertiary/aromatic N) is 3. The Bertz CT molecular complexity index is 807. The maximum absolute atomic E-state index is 13.3. The summed E-state index contributed by atoms with van der Waals surface area (Å²) in [4.78, 5) is 19.1. The van der Waals surface area contributed by atoms with Gasteiger partial charge in [0.2, 0.25) is 0 Å². The Morgan fingerprint density at radius 3 is 2.67 bits per heavy atom. The molecule has 2 amide bonds. The zero-order valence-electron chi connectivity index (χ0n) is 13.7. The van der Waals surface area contributed by atoms with E-state index in [2.05, 4.69) is 11.1 Å². The number of carbonyl (C=O) groups is 1. The maximum atomic E-state index is 13.3. The third-order valence-electron chi connectivity index (χ3n) is 3.93. The second-order valence-electron chi connectivity index (χ2n) is 6.08. The number of benzene rings is 1. The van der Waals surface area contributed by atoms with Gasteiger partial charge in [0, 0.05) is 18.4 Å². The Hall–Kier alpha value is -1.99. The molecule has 1 aromatic carbocycles. The lowest BCUT2D eigenvalue weighted by Gasteiger charge is -2.11. The average molecular weight is 349 g/mol. The number of alkyl halides is 1. The minimum Gasteiger partial charge on any atom is -0.391 e. The highest BCUT2D eigenvalue weighted by molar-refractivity contribution is 7.09. The lowest BCUT2D eigenvalue weighted by molar-refractivity contribution is 0.213. The monoisotopic (exact) mass is 349 g/mol. The molecule has 1 N–H and O–H groups in total. The summed E-state index contributed by atoms with van der Waals surface area (Å²) in [5, 5.41) is 9.42. The van der Waals surface area contributed by atoms with Crippen LogP contribution in [0, 0.1) is 13.8 Å². The molecule has 0 spiro atoms. The Morgan fingerprint density at radius 2 is 2.08 bits per heavy atom. The van der Waals surface area contributed by atoms with Crippen molar-refractivity contribution in [3.05, 3.63) is 45.2 Å². The minimum absolute atomic E-state index is 0.101. The van der Waals surface area contributed by atoms with Crippen LogP contribution in [0.2, 0.25) is 0 Å². The molecule has 1 saturated heterocycles. The van der Waals surface area contributed by atoms with E-state index < -0.39 is 12.2 Å². The molecule has 1 aliphatic rings. The van der Waals surface area contributed by atoms with E-state index in [0.29, 0.717) is 22.6 Å². The molecule has 1 atom stereocenters. The Labute approximate surface area is 143 Å². The molecule has 3 rings (SSSR count). The summed E-state index contributed by atoms with van der Waals surface area (Å²) < 4.78 is 15.1. The second-order valence-corrected chi connectivity index (χ2v) is 7.17. The van der Waals surface area contributed by atoms with E-state index in [1.807, 2.05) is 26.0 Å². The largest absolute Gasteiger partial charge is 0.391 e. The number of aromatic nitrogens is 1. The van der Waals surface area contributed by atoms with E-state index in [-0.39, 0.29) is 13.2 Å². The summed E-state index contributed by atoms with van der Waals surface area (Å²) in [5.74, 6) is 0. The standard InChI is InChI=1S/C17H20FN3O2S/c1-11-5-12(2)7-14(6-11)21-9-15(10-22)24-17(21)19-16(23)20-4-3-13(18)8-20/h5-7,9,13,22H,3-4,8,10H2,1-2H3/b19-17-. The van der Waals surface area contributed by atoms with Crippen molar-refractivity contribution >= 4 is 17.4 Å². The van der Waals surface area contributed by atoms with E-state index in [0.717, 1.165) is 16.8 Å². The number of hydrogen-bond acceptors (Lipinski definition) is 3. The third kappa shape index (κ3) is 3.57. The summed E-state index contributed by atoms with van der Waals surface area (Å²) >= 11 is 1.26. The van der Waals surface area contributed by atoms with Gasteiger partial charge < -0.3 is 10.0 Å². The predicted octanol–water partition coefficient (Wildman–Crippen LogP) is 2.71. The van der Waals surface area contributed by atoms with Gasteiger partial charge in [-0.3, -0.25) is 4.57 Å². The number of aryl methyl sites for hydroxylation is 2. The fourth-order valence-corrected chi connectivity index (χ4v) is 3.70. The van der Waals surface area contributed by atoms with E-state index in [4.69, 9.17) is 0 Å². The maximum Gasteiger partial charge on any atom is 0.346 e. The van der Waals surface area contributed by atoms with Crippen LogP contribution < -0.4 is 4.80 Å². The molecule has 5 nitrogen and oxygen atoms in total. The van der Waals surface area contributed by atoms with Crippen LogP contribution in [0.5, 0.6) is 0 Å². The van der Waals surface area contributed by atoms with E-state index in [1.54, 1.807) is 10.8 Å². The van der Waals surface area contributed by atoms with E-state index in [1.165, 1.54) is 16.2 Å². The highest BCUT2D eigenvalue weighted by atomic mass is 32.1. The van der Waals surface area contributed by atoms with Crippen LogP contribution in [0.15, 0.2) is 29.4 Å². The van der Waals surface area contributed by atoms with Crippen molar-refractivity contribution in [3.8, 4) is 5.69 Å². The number of thiazole rings is 1. The SMILES string of the molecule is Cc1cc(C)cc(-n2cc(CO)s/c2=N\C(=O)N2CCC(F)C2)c1. The van der Waals surface area contributed by atoms with Crippen molar-refractivity contribution in [2.45, 2.75) is 33.0 Å². The fraction of sp³-hybridized carbons (Fsp3) is 0.412. The number of likely N-dealkylation sites (tertiary alicyclic amines) is 1. The number of amides is 2. The molecule has 1 unspecified atom stereocenters. The second kappa shape index (κ2) is 6.86. The van der Waals surface area contributed by atoms with Crippen molar-refractivity contribution in [3.63, 3.8) is 0 Å². The number of aliphatic hydroxyl groups is 1. The molecule has 0 radical (unpaired) electrons. The summed E-state index contributed by atoms with van der Waals surface area (Å²) in [6, 6.07) is 5.63. The lowest BCUT2D eigenvalue weighted by atomic mass is 10.1. The zero-order valence-corrected chi connectivity index (χ0v) is 14.5. The molecule has 1 fully saturated rings. The fourth-order valence-electron chi connectivity index (χ4n) is 2.86. The molecule has 2 heterocycles. The van der Waals surface area contributed by atoms with Gasteiger partial charge in [-0.1, -0.05) is 17.4 Å². The Balaban J connectivity index is 2.03. The average Bonchev–Trinajstić information content (AvgIpc) is 3.12. The molecule has 7 heteroatoms. The van der Waals surface area contributed by atoms with Gasteiger partial charge in [-0.15, -0.1) is 0 Å². The minimum atomic E-state index is -0.966. The highest BCUT2D eigenvalue weighted by Crippen LogP contribution is 2.16. The highest BCUT2D eigenvalue weighted by Gasteiger charge is 2.25. The summed E-state index contributed by atoms with van der Waals surface area (Å²) in [6.07, 6.45) is 1.18. The van der Waals surface area contributed by atoms with Crippen molar-refractivity contribution in [2.24, 2.45) is 4.99 Å². The predicted molar refractivity (Wildman–Crippen MR) is 91.1 cm³/mol. The number of urea groups is 1. The summed E-state index contributed by atoms with van der Waals surface area (Å²) in [5.41, 5.74) is 3.09. The van der Waals surface area contributed by atoms with Gasteiger partial charge in [0.25, 0.3) is 0 Å². The summed E-state index contributed by atoms with van der Waals surface area (Å²) in [7, 11) is 0. The molecule has 2 aromatic rings. The van der Waals surface area contributed by atoms with Gasteiger partial charge in [0.1, 0.15) is 6.17 Å². The van der Waals surface area contributed by atoms with Gasteiger partial charge in [-0.25, -0.2) is 9.18 Å². The first-order chi connectivity index (χ1) is 11.5. The summed E-state index contributed by atoms with van der Waals surface area (Å²) in [6.45, 7) is 4.39. The van der Waals surface area contributed by atoms with Gasteiger partial charge in [0.15, 0.2) is 4.80 Å². The molecule has 128 valence electrons. The molecular formula is C17H20FN3O2S. The van der Waals surface area contributed by atoms with Gasteiger partial charge in [0.05, 0.1) is 18.0 Å². The molecule has 0 saturated carbocycles. The van der Waals surface area contributed by atoms with Crippen molar-refractivity contribution in [1.29, 1.82) is 0 Å². The topological polar surface area (TPSA) is 57.8 Å². The van der Waals surface area contributed by atoms with Crippen LogP contribution in [0.1, 0.15) is 22.4 Å². The number of carbonyl (C=O) groups excluding carboxylic acids is 1. The first-order valence-electron chi connectivity index (χ1n) is 7.85. The van der Waals surface area contributed by atoms with Crippen molar-refractivity contribution < 1.29 is 14.3 Å². The molecule has 0 bridgehead atoms. The van der Waals surface area contributed by atoms with Gasteiger partial charge >= 0.3 is 6.03 Å². The Kier molecular flexibility index (Phi) is 4.82.